The molecule has 1 atom stereocenters. The van der Waals surface area contributed by atoms with E-state index in [9.17, 15) is 9.59 Å². The highest BCUT2D eigenvalue weighted by atomic mass is 16.2. The van der Waals surface area contributed by atoms with Gasteiger partial charge in [-0.05, 0) is 89.2 Å². The summed E-state index contributed by atoms with van der Waals surface area (Å²) in [5, 5.41) is 3.11. The second-order valence-electron chi connectivity index (χ2n) is 8.64. The van der Waals surface area contributed by atoms with Crippen molar-refractivity contribution in [1.82, 2.24) is 10.2 Å². The van der Waals surface area contributed by atoms with Crippen LogP contribution >= 0.6 is 0 Å². The van der Waals surface area contributed by atoms with Crippen LogP contribution in [0.3, 0.4) is 0 Å². The van der Waals surface area contributed by atoms with Crippen LogP contribution in [0.1, 0.15) is 40.9 Å². The number of anilines is 1. The first-order chi connectivity index (χ1) is 14.6. The van der Waals surface area contributed by atoms with Crippen LogP contribution < -0.4 is 16.0 Å². The van der Waals surface area contributed by atoms with E-state index in [0.29, 0.717) is 18.7 Å². The van der Waals surface area contributed by atoms with Crippen molar-refractivity contribution in [2.75, 3.05) is 32.1 Å². The molecule has 0 aliphatic rings. The molecular weight excluding hydrogens is 388 g/mol. The van der Waals surface area contributed by atoms with E-state index in [1.54, 1.807) is 0 Å². The molecule has 2 rings (SSSR count). The fraction of sp³-hybridized carbons (Fsp3) is 0.440. The van der Waals surface area contributed by atoms with Gasteiger partial charge in [-0.3, -0.25) is 9.59 Å². The van der Waals surface area contributed by atoms with Crippen LogP contribution in [-0.2, 0) is 11.2 Å². The number of carbonyl (C=O) groups excluding carboxylic acids is 2. The van der Waals surface area contributed by atoms with Crippen LogP contribution in [0.25, 0.3) is 0 Å². The number of hydrogen-bond donors (Lipinski definition) is 2. The summed E-state index contributed by atoms with van der Waals surface area (Å²) >= 11 is 0. The second-order valence-corrected chi connectivity index (χ2v) is 8.64. The number of benzene rings is 2. The highest BCUT2D eigenvalue weighted by Crippen LogP contribution is 2.20. The number of amides is 2. The summed E-state index contributed by atoms with van der Waals surface area (Å²) in [6, 6.07) is 14.0. The van der Waals surface area contributed by atoms with Gasteiger partial charge >= 0.3 is 0 Å². The second kappa shape index (κ2) is 11.0. The van der Waals surface area contributed by atoms with Gasteiger partial charge in [0.25, 0.3) is 0 Å². The number of nitrogens with zero attached hydrogens (tertiary/aromatic N) is 2. The van der Waals surface area contributed by atoms with E-state index in [0.717, 1.165) is 23.2 Å². The number of carbonyl (C=O) groups is 2. The molecule has 0 saturated carbocycles. The number of nitrogens with one attached hydrogen (secondary N) is 1. The minimum Gasteiger partial charge on any atom is -0.366 e. The molecule has 2 amide bonds. The van der Waals surface area contributed by atoms with Crippen molar-refractivity contribution in [2.24, 2.45) is 5.73 Å². The summed E-state index contributed by atoms with van der Waals surface area (Å²) in [6.45, 7) is 9.03. The van der Waals surface area contributed by atoms with Crippen LogP contribution in [0.15, 0.2) is 42.5 Å². The van der Waals surface area contributed by atoms with Gasteiger partial charge in [0.1, 0.15) is 0 Å². The van der Waals surface area contributed by atoms with Crippen LogP contribution in [0.2, 0.25) is 0 Å². The number of hydrogen-bond acceptors (Lipinski definition) is 4. The lowest BCUT2D eigenvalue weighted by Crippen LogP contribution is -2.46. The van der Waals surface area contributed by atoms with Gasteiger partial charge in [0.15, 0.2) is 0 Å². The molecule has 0 fully saturated rings. The van der Waals surface area contributed by atoms with E-state index in [2.05, 4.69) is 29.0 Å². The number of aryl methyl sites for hydroxylation is 2. The molecule has 2 aromatic rings. The molecule has 0 radical (unpaired) electrons. The Morgan fingerprint density at radius 2 is 1.61 bits per heavy atom. The minimum atomic E-state index is -0.415. The van der Waals surface area contributed by atoms with E-state index in [1.807, 2.05) is 70.4 Å². The molecule has 0 heterocycles. The normalized spacial score (nSPS) is 12.1. The van der Waals surface area contributed by atoms with E-state index < -0.39 is 5.91 Å². The van der Waals surface area contributed by atoms with Gasteiger partial charge in [-0.25, -0.2) is 0 Å². The quantitative estimate of drug-likeness (QED) is 0.615. The molecule has 0 aliphatic heterocycles. The first-order valence-electron chi connectivity index (χ1n) is 10.7. The summed E-state index contributed by atoms with van der Waals surface area (Å²) in [5.74, 6) is -0.413. The molecule has 0 aromatic heterocycles. The largest absolute Gasteiger partial charge is 0.366 e. The van der Waals surface area contributed by atoms with Crippen molar-refractivity contribution < 1.29 is 9.59 Å². The minimum absolute atomic E-state index is 0.00178. The molecule has 3 N–H and O–H groups in total. The maximum absolute atomic E-state index is 12.7. The third-order valence-corrected chi connectivity index (χ3v) is 5.71. The monoisotopic (exact) mass is 424 g/mol. The van der Waals surface area contributed by atoms with Gasteiger partial charge in [0.05, 0.1) is 6.54 Å². The van der Waals surface area contributed by atoms with Gasteiger partial charge < -0.3 is 20.9 Å². The standard InChI is InChI=1S/C25H36N4O2/c1-17(2)29(21-10-8-7-9-11-21)16-24(30)27-15-22(28(5)6)14-23-18(3)12-20(25(26)31)13-19(23)4/h7-13,17,22H,14-16H2,1-6H3,(H2,26,31)(H,27,30)/t22-/m0/s1. The third kappa shape index (κ3) is 6.82. The van der Waals surface area contributed by atoms with Crippen LogP contribution in [-0.4, -0.2) is 56.0 Å². The number of likely N-dealkylation sites (N-methyl/N-ethyl adjacent to an activating group) is 1. The smallest absolute Gasteiger partial charge is 0.248 e. The third-order valence-electron chi connectivity index (χ3n) is 5.71. The van der Waals surface area contributed by atoms with Gasteiger partial charge in [-0.2, -0.15) is 0 Å². The molecule has 0 aliphatic carbocycles. The summed E-state index contributed by atoms with van der Waals surface area (Å²) in [6.07, 6.45) is 0.774. The fourth-order valence-corrected chi connectivity index (χ4v) is 3.76. The fourth-order valence-electron chi connectivity index (χ4n) is 3.76. The number of rotatable bonds is 10. The lowest BCUT2D eigenvalue weighted by atomic mass is 9.93. The van der Waals surface area contributed by atoms with E-state index in [4.69, 9.17) is 5.73 Å². The molecule has 168 valence electrons. The van der Waals surface area contributed by atoms with Crippen molar-refractivity contribution in [3.8, 4) is 0 Å². The predicted octanol–water partition coefficient (Wildman–Crippen LogP) is 2.91. The number of primary amides is 1. The van der Waals surface area contributed by atoms with Gasteiger partial charge in [-0.1, -0.05) is 18.2 Å². The summed E-state index contributed by atoms with van der Waals surface area (Å²) < 4.78 is 0. The number of nitrogens with two attached hydrogens (primary N) is 1. The zero-order valence-corrected chi connectivity index (χ0v) is 19.6. The van der Waals surface area contributed by atoms with Crippen LogP contribution in [0.4, 0.5) is 5.69 Å². The summed E-state index contributed by atoms with van der Waals surface area (Å²) in [5.41, 5.74) is 10.3. The van der Waals surface area contributed by atoms with Crippen LogP contribution in [0.5, 0.6) is 0 Å². The number of para-hydroxylation sites is 1. The van der Waals surface area contributed by atoms with Crippen molar-refractivity contribution in [3.63, 3.8) is 0 Å². The average molecular weight is 425 g/mol. The Morgan fingerprint density at radius 3 is 2.10 bits per heavy atom. The molecule has 0 saturated heterocycles. The van der Waals surface area contributed by atoms with Gasteiger partial charge in [-0.15, -0.1) is 0 Å². The van der Waals surface area contributed by atoms with Crippen molar-refractivity contribution >= 4 is 17.5 Å². The Bertz CT molecular complexity index is 871. The zero-order chi connectivity index (χ0) is 23.1. The zero-order valence-electron chi connectivity index (χ0n) is 19.6. The summed E-state index contributed by atoms with van der Waals surface area (Å²) in [4.78, 5) is 28.5. The van der Waals surface area contributed by atoms with Gasteiger partial charge in [0.2, 0.25) is 11.8 Å². The topological polar surface area (TPSA) is 78.7 Å². The van der Waals surface area contributed by atoms with Crippen molar-refractivity contribution in [1.29, 1.82) is 0 Å². The Kier molecular flexibility index (Phi) is 8.63. The first kappa shape index (κ1) is 24.4. The molecule has 0 bridgehead atoms. The lowest BCUT2D eigenvalue weighted by molar-refractivity contribution is -0.120. The van der Waals surface area contributed by atoms with Gasteiger partial charge in [0, 0.05) is 29.9 Å². The Hall–Kier alpha value is -2.86. The summed E-state index contributed by atoms with van der Waals surface area (Å²) in [7, 11) is 4.04. The van der Waals surface area contributed by atoms with E-state index >= 15 is 0 Å². The Labute approximate surface area is 186 Å². The molecule has 0 spiro atoms. The molecular formula is C25H36N4O2. The Balaban J connectivity index is 2.06. The predicted molar refractivity (Wildman–Crippen MR) is 128 cm³/mol. The molecule has 2 aromatic carbocycles. The SMILES string of the molecule is Cc1cc(C(N)=O)cc(C)c1C[C@@H](CNC(=O)CN(c1ccccc1)C(C)C)N(C)C. The first-order valence-corrected chi connectivity index (χ1v) is 10.7. The maximum atomic E-state index is 12.7. The van der Waals surface area contributed by atoms with Crippen molar-refractivity contribution in [2.45, 2.75) is 46.2 Å². The molecule has 6 nitrogen and oxygen atoms in total. The van der Waals surface area contributed by atoms with E-state index in [-0.39, 0.29) is 18.0 Å². The van der Waals surface area contributed by atoms with E-state index in [1.165, 1.54) is 5.56 Å². The average Bonchev–Trinajstić information content (AvgIpc) is 2.70. The molecule has 0 unspecified atom stereocenters. The lowest BCUT2D eigenvalue weighted by Gasteiger charge is -2.30. The highest BCUT2D eigenvalue weighted by Gasteiger charge is 2.19. The highest BCUT2D eigenvalue weighted by molar-refractivity contribution is 5.93. The maximum Gasteiger partial charge on any atom is 0.248 e. The molecule has 31 heavy (non-hydrogen) atoms. The van der Waals surface area contributed by atoms with Crippen LogP contribution in [0, 0.1) is 13.8 Å². The molecule has 6 heteroatoms. The van der Waals surface area contributed by atoms with Crippen molar-refractivity contribution in [3.05, 3.63) is 64.7 Å². The Morgan fingerprint density at radius 1 is 1.03 bits per heavy atom.